The van der Waals surface area contributed by atoms with Crippen molar-refractivity contribution in [3.8, 4) is 0 Å². The van der Waals surface area contributed by atoms with Crippen molar-refractivity contribution < 1.29 is 14.3 Å². The van der Waals surface area contributed by atoms with Crippen LogP contribution in [0.5, 0.6) is 0 Å². The fraction of sp³-hybridized carbons (Fsp3) is 0.864. The van der Waals surface area contributed by atoms with E-state index in [4.69, 9.17) is 9.47 Å². The molecular formula is C22H42O3. The summed E-state index contributed by atoms with van der Waals surface area (Å²) in [5.74, 6) is -0.311. The molecule has 3 nitrogen and oxygen atoms in total. The van der Waals surface area contributed by atoms with E-state index in [1.54, 1.807) is 0 Å². The molecule has 0 bridgehead atoms. The van der Waals surface area contributed by atoms with E-state index in [0.29, 0.717) is 6.61 Å². The molecule has 25 heavy (non-hydrogen) atoms. The minimum absolute atomic E-state index is 0.311. The lowest BCUT2D eigenvalue weighted by molar-refractivity contribution is -0.137. The summed E-state index contributed by atoms with van der Waals surface area (Å²) in [6.07, 6.45) is 20.4. The molecule has 0 aliphatic rings. The molecule has 0 rings (SSSR count). The van der Waals surface area contributed by atoms with Crippen LogP contribution in [0.3, 0.4) is 0 Å². The Hall–Kier alpha value is -0.830. The summed E-state index contributed by atoms with van der Waals surface area (Å²) in [6.45, 7) is 8.05. The smallest absolute Gasteiger partial charge is 0.330 e. The van der Waals surface area contributed by atoms with Gasteiger partial charge in [-0.05, 0) is 19.3 Å². The Morgan fingerprint density at radius 1 is 0.680 bits per heavy atom. The van der Waals surface area contributed by atoms with Gasteiger partial charge >= 0.3 is 5.97 Å². The molecule has 0 aromatic rings. The normalized spacial score (nSPS) is 10.8. The van der Waals surface area contributed by atoms with Gasteiger partial charge in [-0.1, -0.05) is 90.6 Å². The second-order valence-electron chi connectivity index (χ2n) is 6.93. The largest absolute Gasteiger partial charge is 0.463 e. The molecule has 0 radical (unpaired) electrons. The highest BCUT2D eigenvalue weighted by molar-refractivity contribution is 5.81. The van der Waals surface area contributed by atoms with Gasteiger partial charge in [0.2, 0.25) is 0 Å². The van der Waals surface area contributed by atoms with Gasteiger partial charge in [-0.25, -0.2) is 4.79 Å². The Bertz CT molecular complexity index is 289. The highest BCUT2D eigenvalue weighted by Crippen LogP contribution is 2.09. The summed E-state index contributed by atoms with van der Waals surface area (Å²) >= 11 is 0. The monoisotopic (exact) mass is 354 g/mol. The number of hydrogen-bond donors (Lipinski definition) is 0. The molecule has 0 aromatic heterocycles. The van der Waals surface area contributed by atoms with Crippen molar-refractivity contribution in [3.05, 3.63) is 12.7 Å². The van der Waals surface area contributed by atoms with E-state index in [1.165, 1.54) is 89.5 Å². The number of carbonyl (C=O) groups is 1. The Kier molecular flexibility index (Phi) is 20.5. The van der Waals surface area contributed by atoms with Gasteiger partial charge in [0.25, 0.3) is 0 Å². The van der Waals surface area contributed by atoms with Crippen molar-refractivity contribution in [2.45, 2.75) is 103 Å². The van der Waals surface area contributed by atoms with Gasteiger partial charge in [-0.15, -0.1) is 0 Å². The molecule has 0 spiro atoms. The highest BCUT2D eigenvalue weighted by atomic mass is 16.5. The molecule has 0 N–H and O–H groups in total. The van der Waals surface area contributed by atoms with Crippen molar-refractivity contribution in [1.82, 2.24) is 0 Å². The van der Waals surface area contributed by atoms with Gasteiger partial charge in [0.1, 0.15) is 0 Å². The number of ether oxygens (including phenoxy) is 2. The van der Waals surface area contributed by atoms with Crippen LogP contribution in [-0.4, -0.2) is 25.8 Å². The zero-order chi connectivity index (χ0) is 18.4. The first-order valence-electron chi connectivity index (χ1n) is 10.7. The van der Waals surface area contributed by atoms with Gasteiger partial charge < -0.3 is 9.47 Å². The minimum Gasteiger partial charge on any atom is -0.463 e. The molecule has 3 heteroatoms. The molecule has 0 atom stereocenters. The fourth-order valence-corrected chi connectivity index (χ4v) is 2.86. The third kappa shape index (κ3) is 21.1. The van der Waals surface area contributed by atoms with Gasteiger partial charge in [-0.3, -0.25) is 0 Å². The zero-order valence-corrected chi connectivity index (χ0v) is 16.7. The van der Waals surface area contributed by atoms with Crippen LogP contribution in [-0.2, 0) is 14.3 Å². The Morgan fingerprint density at radius 3 is 1.52 bits per heavy atom. The predicted molar refractivity (Wildman–Crippen MR) is 107 cm³/mol. The molecule has 0 saturated carbocycles. The van der Waals surface area contributed by atoms with Gasteiger partial charge in [-0.2, -0.15) is 0 Å². The van der Waals surface area contributed by atoms with Crippen LogP contribution in [0.15, 0.2) is 12.7 Å². The zero-order valence-electron chi connectivity index (χ0n) is 16.7. The topological polar surface area (TPSA) is 35.5 Å². The molecule has 0 heterocycles. The molecule has 0 amide bonds. The SMILES string of the molecule is C=CC(=O)OCCCCCCCCCCOCCCCCCCCC. The molecular weight excluding hydrogens is 312 g/mol. The minimum atomic E-state index is -0.311. The number of esters is 1. The van der Waals surface area contributed by atoms with E-state index < -0.39 is 0 Å². The van der Waals surface area contributed by atoms with E-state index in [1.807, 2.05) is 0 Å². The van der Waals surface area contributed by atoms with Crippen molar-refractivity contribution in [2.75, 3.05) is 19.8 Å². The van der Waals surface area contributed by atoms with Crippen molar-refractivity contribution in [1.29, 1.82) is 0 Å². The second-order valence-corrected chi connectivity index (χ2v) is 6.93. The van der Waals surface area contributed by atoms with Crippen molar-refractivity contribution >= 4 is 5.97 Å². The quantitative estimate of drug-likeness (QED) is 0.140. The third-order valence-corrected chi connectivity index (χ3v) is 4.49. The molecule has 0 unspecified atom stereocenters. The third-order valence-electron chi connectivity index (χ3n) is 4.49. The molecule has 0 aliphatic carbocycles. The van der Waals surface area contributed by atoms with E-state index in [2.05, 4.69) is 13.5 Å². The summed E-state index contributed by atoms with van der Waals surface area (Å²) in [7, 11) is 0. The lowest BCUT2D eigenvalue weighted by Crippen LogP contribution is -2.01. The number of unbranched alkanes of at least 4 members (excludes halogenated alkanes) is 13. The summed E-state index contributed by atoms with van der Waals surface area (Å²) in [6, 6.07) is 0. The number of carbonyl (C=O) groups excluding carboxylic acids is 1. The standard InChI is InChI=1S/C22H42O3/c1-3-5-6-7-10-13-16-19-24-20-17-14-11-8-9-12-15-18-21-25-22(23)4-2/h4H,2-3,5-21H2,1H3. The van der Waals surface area contributed by atoms with Crippen LogP contribution in [0.4, 0.5) is 0 Å². The molecule has 148 valence electrons. The maximum atomic E-state index is 10.8. The molecule has 0 saturated heterocycles. The maximum Gasteiger partial charge on any atom is 0.330 e. The first kappa shape index (κ1) is 24.2. The summed E-state index contributed by atoms with van der Waals surface area (Å²) in [5.41, 5.74) is 0. The lowest BCUT2D eigenvalue weighted by atomic mass is 10.1. The first-order valence-corrected chi connectivity index (χ1v) is 10.7. The van der Waals surface area contributed by atoms with Crippen LogP contribution < -0.4 is 0 Å². The van der Waals surface area contributed by atoms with E-state index in [-0.39, 0.29) is 5.97 Å². The Morgan fingerprint density at radius 2 is 1.08 bits per heavy atom. The van der Waals surface area contributed by atoms with Crippen LogP contribution in [0, 0.1) is 0 Å². The first-order chi connectivity index (χ1) is 12.3. The van der Waals surface area contributed by atoms with Crippen LogP contribution in [0.25, 0.3) is 0 Å². The number of rotatable bonds is 20. The molecule has 0 fully saturated rings. The summed E-state index contributed by atoms with van der Waals surface area (Å²) in [4.78, 5) is 10.8. The van der Waals surface area contributed by atoms with E-state index in [0.717, 1.165) is 26.1 Å². The van der Waals surface area contributed by atoms with Gasteiger partial charge in [0.15, 0.2) is 0 Å². The second kappa shape index (κ2) is 21.2. The van der Waals surface area contributed by atoms with Gasteiger partial charge in [0, 0.05) is 19.3 Å². The Balaban J connectivity index is 3.00. The van der Waals surface area contributed by atoms with Gasteiger partial charge in [0.05, 0.1) is 6.61 Å². The summed E-state index contributed by atoms with van der Waals surface area (Å²) < 4.78 is 10.7. The fourth-order valence-electron chi connectivity index (χ4n) is 2.86. The molecule has 0 aromatic carbocycles. The van der Waals surface area contributed by atoms with Crippen molar-refractivity contribution in [2.24, 2.45) is 0 Å². The van der Waals surface area contributed by atoms with Crippen LogP contribution in [0.2, 0.25) is 0 Å². The van der Waals surface area contributed by atoms with E-state index >= 15 is 0 Å². The van der Waals surface area contributed by atoms with Crippen molar-refractivity contribution in [3.63, 3.8) is 0 Å². The lowest BCUT2D eigenvalue weighted by Gasteiger charge is -2.05. The van der Waals surface area contributed by atoms with Crippen LogP contribution in [0.1, 0.15) is 103 Å². The Labute approximate surface area is 156 Å². The maximum absolute atomic E-state index is 10.8. The summed E-state index contributed by atoms with van der Waals surface area (Å²) in [5, 5.41) is 0. The average Bonchev–Trinajstić information content (AvgIpc) is 2.63. The average molecular weight is 355 g/mol. The molecule has 0 aliphatic heterocycles. The number of hydrogen-bond acceptors (Lipinski definition) is 3. The van der Waals surface area contributed by atoms with Crippen LogP contribution >= 0.6 is 0 Å². The predicted octanol–water partition coefficient (Wildman–Crippen LogP) is 6.60. The highest BCUT2D eigenvalue weighted by Gasteiger charge is 1.96. The van der Waals surface area contributed by atoms with E-state index in [9.17, 15) is 4.79 Å².